The first kappa shape index (κ1) is 15.9. The second-order valence-electron chi connectivity index (χ2n) is 6.22. The van der Waals surface area contributed by atoms with Crippen molar-refractivity contribution in [3.8, 4) is 0 Å². The van der Waals surface area contributed by atoms with Crippen molar-refractivity contribution >= 4 is 5.91 Å². The first-order valence-corrected chi connectivity index (χ1v) is 7.42. The number of amides is 1. The third kappa shape index (κ3) is 3.24. The van der Waals surface area contributed by atoms with Gasteiger partial charge >= 0.3 is 0 Å². The standard InChI is InChI=1S/C16H24FN3O/c1-3-13(18)14(11-5-4-6-12(17)9-11)20-8-7-16(2,10-20)15(19)21/h4-6,9,13-14H,3,7-8,10,18H2,1-2H3,(H2,19,21). The molecule has 4 nitrogen and oxygen atoms in total. The van der Waals surface area contributed by atoms with Gasteiger partial charge in [0.1, 0.15) is 5.82 Å². The van der Waals surface area contributed by atoms with Gasteiger partial charge in [0.2, 0.25) is 5.91 Å². The molecule has 1 aliphatic rings. The van der Waals surface area contributed by atoms with Crippen molar-refractivity contribution in [3.05, 3.63) is 35.6 Å². The first-order valence-electron chi connectivity index (χ1n) is 7.42. The zero-order valence-electron chi connectivity index (χ0n) is 12.7. The quantitative estimate of drug-likeness (QED) is 0.869. The van der Waals surface area contributed by atoms with Crippen molar-refractivity contribution in [3.63, 3.8) is 0 Å². The normalized spacial score (nSPS) is 25.7. The average Bonchev–Trinajstić information content (AvgIpc) is 2.83. The summed E-state index contributed by atoms with van der Waals surface area (Å²) in [6.07, 6.45) is 1.50. The van der Waals surface area contributed by atoms with E-state index in [4.69, 9.17) is 11.5 Å². The summed E-state index contributed by atoms with van der Waals surface area (Å²) in [5, 5.41) is 0. The molecule has 1 heterocycles. The fourth-order valence-corrected chi connectivity index (χ4v) is 3.08. The van der Waals surface area contributed by atoms with Crippen LogP contribution in [0, 0.1) is 11.2 Å². The van der Waals surface area contributed by atoms with Crippen LogP contribution in [0.4, 0.5) is 4.39 Å². The van der Waals surface area contributed by atoms with E-state index in [-0.39, 0.29) is 23.8 Å². The lowest BCUT2D eigenvalue weighted by atomic mass is 9.89. The summed E-state index contributed by atoms with van der Waals surface area (Å²) < 4.78 is 13.5. The fourth-order valence-electron chi connectivity index (χ4n) is 3.08. The van der Waals surface area contributed by atoms with Gasteiger partial charge in [-0.25, -0.2) is 4.39 Å². The lowest BCUT2D eigenvalue weighted by molar-refractivity contribution is -0.126. The van der Waals surface area contributed by atoms with Gasteiger partial charge < -0.3 is 11.5 Å². The van der Waals surface area contributed by atoms with E-state index in [1.54, 1.807) is 6.07 Å². The molecule has 21 heavy (non-hydrogen) atoms. The van der Waals surface area contributed by atoms with Crippen LogP contribution < -0.4 is 11.5 Å². The lowest BCUT2D eigenvalue weighted by Crippen LogP contribution is -2.43. The molecular formula is C16H24FN3O. The van der Waals surface area contributed by atoms with Gasteiger partial charge in [-0.05, 0) is 44.0 Å². The number of rotatable bonds is 5. The predicted molar refractivity (Wildman–Crippen MR) is 80.9 cm³/mol. The zero-order chi connectivity index (χ0) is 15.6. The number of carbonyl (C=O) groups excluding carboxylic acids is 1. The monoisotopic (exact) mass is 293 g/mol. The first-order chi connectivity index (χ1) is 9.87. The Morgan fingerprint density at radius 2 is 2.24 bits per heavy atom. The largest absolute Gasteiger partial charge is 0.369 e. The highest BCUT2D eigenvalue weighted by molar-refractivity contribution is 5.81. The van der Waals surface area contributed by atoms with Gasteiger partial charge in [-0.3, -0.25) is 9.69 Å². The molecule has 1 fully saturated rings. The Hall–Kier alpha value is -1.46. The number of primary amides is 1. The van der Waals surface area contributed by atoms with Crippen LogP contribution in [0.1, 0.15) is 38.3 Å². The average molecular weight is 293 g/mol. The van der Waals surface area contributed by atoms with Crippen LogP contribution >= 0.6 is 0 Å². The number of nitrogens with zero attached hydrogens (tertiary/aromatic N) is 1. The van der Waals surface area contributed by atoms with Gasteiger partial charge in [0.15, 0.2) is 0 Å². The maximum Gasteiger partial charge on any atom is 0.224 e. The van der Waals surface area contributed by atoms with Crippen LogP contribution in [0.3, 0.4) is 0 Å². The highest BCUT2D eigenvalue weighted by Crippen LogP contribution is 2.36. The number of hydrogen-bond acceptors (Lipinski definition) is 3. The molecule has 1 aromatic rings. The summed E-state index contributed by atoms with van der Waals surface area (Å²) in [5.74, 6) is -0.550. The van der Waals surface area contributed by atoms with Crippen molar-refractivity contribution in [1.29, 1.82) is 0 Å². The molecular weight excluding hydrogens is 269 g/mol. The summed E-state index contributed by atoms with van der Waals surface area (Å²) in [6, 6.07) is 6.34. The maximum absolute atomic E-state index is 13.5. The topological polar surface area (TPSA) is 72.3 Å². The second-order valence-corrected chi connectivity index (χ2v) is 6.22. The van der Waals surface area contributed by atoms with Gasteiger partial charge in [-0.15, -0.1) is 0 Å². The number of benzene rings is 1. The minimum absolute atomic E-state index is 0.0909. The molecule has 3 unspecified atom stereocenters. The Morgan fingerprint density at radius 1 is 1.52 bits per heavy atom. The molecule has 4 N–H and O–H groups in total. The van der Waals surface area contributed by atoms with Crippen LogP contribution in [0.5, 0.6) is 0 Å². The van der Waals surface area contributed by atoms with Gasteiger partial charge in [-0.1, -0.05) is 19.1 Å². The van der Waals surface area contributed by atoms with E-state index in [9.17, 15) is 9.18 Å². The van der Waals surface area contributed by atoms with Crippen molar-refractivity contribution in [2.24, 2.45) is 16.9 Å². The number of carbonyl (C=O) groups is 1. The van der Waals surface area contributed by atoms with E-state index in [0.717, 1.165) is 18.5 Å². The van der Waals surface area contributed by atoms with E-state index < -0.39 is 5.41 Å². The van der Waals surface area contributed by atoms with E-state index in [1.165, 1.54) is 12.1 Å². The molecule has 0 aromatic heterocycles. The molecule has 0 spiro atoms. The molecule has 1 aliphatic heterocycles. The highest BCUT2D eigenvalue weighted by atomic mass is 19.1. The van der Waals surface area contributed by atoms with E-state index in [1.807, 2.05) is 19.9 Å². The summed E-state index contributed by atoms with van der Waals surface area (Å²) in [6.45, 7) is 5.21. The molecule has 2 rings (SSSR count). The van der Waals surface area contributed by atoms with Crippen molar-refractivity contribution in [2.75, 3.05) is 13.1 Å². The third-order valence-electron chi connectivity index (χ3n) is 4.56. The molecule has 3 atom stereocenters. The lowest BCUT2D eigenvalue weighted by Gasteiger charge is -2.33. The molecule has 0 saturated carbocycles. The summed E-state index contributed by atoms with van der Waals surface area (Å²) >= 11 is 0. The van der Waals surface area contributed by atoms with Gasteiger partial charge in [0.05, 0.1) is 11.5 Å². The Kier molecular flexibility index (Phi) is 4.64. The molecule has 0 aliphatic carbocycles. The van der Waals surface area contributed by atoms with Crippen LogP contribution in [0.25, 0.3) is 0 Å². The molecule has 0 radical (unpaired) electrons. The number of hydrogen-bond donors (Lipinski definition) is 2. The Balaban J connectivity index is 2.28. The second kappa shape index (κ2) is 6.12. The Labute approximate surface area is 125 Å². The Morgan fingerprint density at radius 3 is 2.76 bits per heavy atom. The minimum Gasteiger partial charge on any atom is -0.369 e. The SMILES string of the molecule is CCC(N)C(c1cccc(F)c1)N1CCC(C)(C(N)=O)C1. The van der Waals surface area contributed by atoms with Crippen LogP contribution in [0.15, 0.2) is 24.3 Å². The number of halogens is 1. The maximum atomic E-state index is 13.5. The van der Waals surface area contributed by atoms with Gasteiger partial charge in [0.25, 0.3) is 0 Å². The zero-order valence-corrected chi connectivity index (χ0v) is 12.7. The molecule has 0 bridgehead atoms. The van der Waals surface area contributed by atoms with Crippen LogP contribution in [-0.4, -0.2) is 29.9 Å². The molecule has 1 aromatic carbocycles. The Bertz CT molecular complexity index is 522. The summed E-state index contributed by atoms with van der Waals surface area (Å²) in [7, 11) is 0. The summed E-state index contributed by atoms with van der Waals surface area (Å²) in [4.78, 5) is 13.8. The smallest absolute Gasteiger partial charge is 0.224 e. The predicted octanol–water partition coefficient (Wildman–Crippen LogP) is 1.80. The van der Waals surface area contributed by atoms with E-state index >= 15 is 0 Å². The van der Waals surface area contributed by atoms with Crippen LogP contribution in [0.2, 0.25) is 0 Å². The molecule has 116 valence electrons. The van der Waals surface area contributed by atoms with Gasteiger partial charge in [0, 0.05) is 12.6 Å². The fraction of sp³-hybridized carbons (Fsp3) is 0.562. The van der Waals surface area contributed by atoms with E-state index in [2.05, 4.69) is 4.90 Å². The number of likely N-dealkylation sites (tertiary alicyclic amines) is 1. The molecule has 1 amide bonds. The van der Waals surface area contributed by atoms with Gasteiger partial charge in [-0.2, -0.15) is 0 Å². The number of nitrogens with two attached hydrogens (primary N) is 2. The van der Waals surface area contributed by atoms with Crippen LogP contribution in [-0.2, 0) is 4.79 Å². The molecule has 1 saturated heterocycles. The summed E-state index contributed by atoms with van der Waals surface area (Å²) in [5.41, 5.74) is 12.1. The van der Waals surface area contributed by atoms with Crippen molar-refractivity contribution in [2.45, 2.75) is 38.8 Å². The highest BCUT2D eigenvalue weighted by Gasteiger charge is 2.42. The molecule has 5 heteroatoms. The van der Waals surface area contributed by atoms with E-state index in [0.29, 0.717) is 13.0 Å². The third-order valence-corrected chi connectivity index (χ3v) is 4.56. The van der Waals surface area contributed by atoms with Crippen molar-refractivity contribution in [1.82, 2.24) is 4.90 Å². The van der Waals surface area contributed by atoms with Crippen molar-refractivity contribution < 1.29 is 9.18 Å². The minimum atomic E-state index is -0.529.